The van der Waals surface area contributed by atoms with Gasteiger partial charge in [-0.3, -0.25) is 24.1 Å². The summed E-state index contributed by atoms with van der Waals surface area (Å²) in [5.41, 5.74) is 1.36. The monoisotopic (exact) mass is 740 g/mol. The molecule has 4 aliphatic rings. The van der Waals surface area contributed by atoms with Gasteiger partial charge in [-0.15, -0.1) is 0 Å². The maximum absolute atomic E-state index is 15.2. The molecule has 0 bridgehead atoms. The van der Waals surface area contributed by atoms with E-state index < -0.39 is 46.8 Å². The quantitative estimate of drug-likeness (QED) is 0.170. The lowest BCUT2D eigenvalue weighted by Crippen LogP contribution is -2.53. The first-order chi connectivity index (χ1) is 23.1. The number of rotatable bonds is 4. The van der Waals surface area contributed by atoms with Crippen LogP contribution in [0.2, 0.25) is 10.0 Å². The summed E-state index contributed by atoms with van der Waals surface area (Å²) >= 11 is 16.7. The van der Waals surface area contributed by atoms with Crippen molar-refractivity contribution in [3.63, 3.8) is 0 Å². The minimum absolute atomic E-state index is 0.0461. The van der Waals surface area contributed by atoms with Crippen LogP contribution in [0.3, 0.4) is 0 Å². The first kappa shape index (κ1) is 31.1. The van der Waals surface area contributed by atoms with E-state index in [2.05, 4.69) is 15.9 Å². The molecule has 2 aliphatic carbocycles. The average molecular weight is 742 g/mol. The second-order valence-electron chi connectivity index (χ2n) is 12.8. The number of benzene rings is 4. The highest BCUT2D eigenvalue weighted by Crippen LogP contribution is 2.65. The third-order valence-corrected chi connectivity index (χ3v) is 11.6. The van der Waals surface area contributed by atoms with Crippen molar-refractivity contribution in [2.75, 3.05) is 9.80 Å². The highest BCUT2D eigenvalue weighted by molar-refractivity contribution is 9.10. The number of hydrogen-bond acceptors (Lipinski definition) is 5. The van der Waals surface area contributed by atoms with E-state index in [0.717, 1.165) is 10.0 Å². The second-order valence-corrected chi connectivity index (χ2v) is 14.5. The summed E-state index contributed by atoms with van der Waals surface area (Å²) in [6, 6.07) is 27.5. The Morgan fingerprint density at radius 1 is 0.750 bits per heavy atom. The zero-order chi connectivity index (χ0) is 33.5. The van der Waals surface area contributed by atoms with Gasteiger partial charge in [-0.2, -0.15) is 0 Å². The highest BCUT2D eigenvalue weighted by atomic mass is 79.9. The molecule has 2 heterocycles. The number of phenols is 1. The number of carbonyl (C=O) groups is 4. The Balaban J connectivity index is 1.36. The molecular weight excluding hydrogens is 715 g/mol. The largest absolute Gasteiger partial charge is 0.508 e. The normalized spacial score (nSPS) is 27.9. The van der Waals surface area contributed by atoms with Crippen LogP contribution in [0.4, 0.5) is 11.4 Å². The third-order valence-electron chi connectivity index (χ3n) is 10.5. The Kier molecular flexibility index (Phi) is 7.40. The molecule has 48 heavy (non-hydrogen) atoms. The smallest absolute Gasteiger partial charge is 0.246 e. The molecule has 0 unspecified atom stereocenters. The number of nitrogens with zero attached hydrogens (tertiary/aromatic N) is 2. The number of anilines is 2. The van der Waals surface area contributed by atoms with Gasteiger partial charge in [0.25, 0.3) is 0 Å². The molecule has 6 atom stereocenters. The number of phenolic OH excluding ortho intramolecular Hbond substituents is 1. The van der Waals surface area contributed by atoms with Crippen LogP contribution >= 0.6 is 39.1 Å². The van der Waals surface area contributed by atoms with Crippen LogP contribution in [0.25, 0.3) is 0 Å². The molecule has 1 saturated carbocycles. The van der Waals surface area contributed by atoms with Crippen molar-refractivity contribution < 1.29 is 24.3 Å². The Morgan fingerprint density at radius 3 is 2.21 bits per heavy atom. The summed E-state index contributed by atoms with van der Waals surface area (Å²) < 4.78 is 0.818. The predicted molar refractivity (Wildman–Crippen MR) is 186 cm³/mol. The van der Waals surface area contributed by atoms with Gasteiger partial charge in [0.1, 0.15) is 5.75 Å². The lowest BCUT2D eigenvalue weighted by molar-refractivity contribution is -0.127. The maximum Gasteiger partial charge on any atom is 0.246 e. The van der Waals surface area contributed by atoms with Gasteiger partial charge in [0, 0.05) is 20.4 Å². The molecule has 4 aromatic rings. The summed E-state index contributed by atoms with van der Waals surface area (Å²) in [4.78, 5) is 60.8. The van der Waals surface area contributed by atoms with Crippen LogP contribution in [0, 0.1) is 23.7 Å². The van der Waals surface area contributed by atoms with Crippen molar-refractivity contribution >= 4 is 74.1 Å². The lowest BCUT2D eigenvalue weighted by atomic mass is 9.49. The molecule has 0 spiro atoms. The minimum atomic E-state index is -1.45. The van der Waals surface area contributed by atoms with E-state index >= 15 is 4.79 Å². The van der Waals surface area contributed by atoms with Crippen molar-refractivity contribution in [2.24, 2.45) is 23.7 Å². The Hall–Kier alpha value is -4.24. The minimum Gasteiger partial charge on any atom is -0.508 e. The number of allylic oxidation sites excluding steroid dienone is 2. The fourth-order valence-electron chi connectivity index (χ4n) is 8.68. The fraction of sp³-hybridized carbons (Fsp3) is 0.211. The number of fused-ring (bicyclic) bond motifs is 4. The number of hydrogen-bond donors (Lipinski definition) is 1. The van der Waals surface area contributed by atoms with E-state index in [1.165, 1.54) is 21.9 Å². The molecule has 10 heteroatoms. The Labute approximate surface area is 294 Å². The molecule has 1 N–H and O–H groups in total. The molecule has 240 valence electrons. The maximum atomic E-state index is 15.2. The van der Waals surface area contributed by atoms with Crippen molar-refractivity contribution in [1.82, 2.24) is 0 Å². The molecule has 3 fully saturated rings. The fourth-order valence-corrected chi connectivity index (χ4v) is 9.42. The van der Waals surface area contributed by atoms with Gasteiger partial charge in [-0.05, 0) is 84.5 Å². The van der Waals surface area contributed by atoms with Crippen LogP contribution in [-0.2, 0) is 24.6 Å². The van der Waals surface area contributed by atoms with E-state index in [4.69, 9.17) is 23.2 Å². The van der Waals surface area contributed by atoms with E-state index in [1.807, 2.05) is 36.4 Å². The van der Waals surface area contributed by atoms with Gasteiger partial charge >= 0.3 is 0 Å². The number of imide groups is 2. The number of carbonyl (C=O) groups excluding carboxylic acids is 4. The topological polar surface area (TPSA) is 95.0 Å². The molecule has 2 aliphatic heterocycles. The molecule has 7 nitrogen and oxygen atoms in total. The van der Waals surface area contributed by atoms with Gasteiger partial charge in [0.2, 0.25) is 23.6 Å². The number of amides is 4. The van der Waals surface area contributed by atoms with Gasteiger partial charge in [-0.1, -0.05) is 93.2 Å². The number of aromatic hydroxyl groups is 1. The van der Waals surface area contributed by atoms with Crippen LogP contribution in [0.1, 0.15) is 29.9 Å². The molecule has 8 rings (SSSR count). The second kappa shape index (κ2) is 11.4. The van der Waals surface area contributed by atoms with Crippen LogP contribution < -0.4 is 9.80 Å². The summed E-state index contributed by atoms with van der Waals surface area (Å²) in [7, 11) is 0. The molecule has 4 aromatic carbocycles. The number of halogens is 3. The van der Waals surface area contributed by atoms with E-state index in [1.54, 1.807) is 54.6 Å². The van der Waals surface area contributed by atoms with Crippen LogP contribution in [-0.4, -0.2) is 28.7 Å². The molecule has 2 saturated heterocycles. The van der Waals surface area contributed by atoms with E-state index in [0.29, 0.717) is 27.5 Å². The Morgan fingerprint density at radius 2 is 1.50 bits per heavy atom. The van der Waals surface area contributed by atoms with Crippen molar-refractivity contribution in [2.45, 2.75) is 24.2 Å². The average Bonchev–Trinajstić information content (AvgIpc) is 3.46. The first-order valence-electron chi connectivity index (χ1n) is 15.6. The first-order valence-corrected chi connectivity index (χ1v) is 17.2. The molecule has 0 aromatic heterocycles. The summed E-state index contributed by atoms with van der Waals surface area (Å²) in [6.07, 6.45) is 2.44. The zero-order valence-corrected chi connectivity index (χ0v) is 28.3. The van der Waals surface area contributed by atoms with Crippen LogP contribution in [0.5, 0.6) is 5.75 Å². The SMILES string of the molecule is O=C1[C@H]2[C@H](CC=C3[C@H]2C[C@H]2C(=O)N(c4cccc(Cl)c4)C(=O)[C@@]2(c2ccccc2)[C@H]3c2ccc(O)cc2Cl)C(=O)N1c1ccc(Br)cc1. The Bertz CT molecular complexity index is 2070. The predicted octanol–water partition coefficient (Wildman–Crippen LogP) is 7.83. The van der Waals surface area contributed by atoms with Crippen molar-refractivity contribution in [3.05, 3.63) is 134 Å². The van der Waals surface area contributed by atoms with Crippen molar-refractivity contribution in [3.8, 4) is 5.75 Å². The third kappa shape index (κ3) is 4.39. The molecule has 0 radical (unpaired) electrons. The molecule has 4 amide bonds. The lowest BCUT2D eigenvalue weighted by Gasteiger charge is -2.51. The highest BCUT2D eigenvalue weighted by Gasteiger charge is 2.70. The van der Waals surface area contributed by atoms with E-state index in [-0.39, 0.29) is 35.4 Å². The summed E-state index contributed by atoms with van der Waals surface area (Å²) in [5.74, 6) is -5.08. The van der Waals surface area contributed by atoms with Gasteiger partial charge in [0.15, 0.2) is 0 Å². The standard InChI is InChI=1S/C38H27BrCl2N2O5/c39-21-9-11-23(12-10-21)42-34(45)28-16-15-26-29(32(28)36(42)47)19-30-35(46)43(24-8-4-7-22(40)17-24)37(48)38(30,20-5-2-1-3-6-20)33(26)27-14-13-25(44)18-31(27)41/h1-15,17-18,28-30,32-33,44H,16,19H2/t28-,29+,30-,32-,33+,38+/m0/s1. The summed E-state index contributed by atoms with van der Waals surface area (Å²) in [6.45, 7) is 0. The van der Waals surface area contributed by atoms with Crippen LogP contribution in [0.15, 0.2) is 113 Å². The zero-order valence-electron chi connectivity index (χ0n) is 25.2. The van der Waals surface area contributed by atoms with Gasteiger partial charge in [0.05, 0.1) is 34.5 Å². The van der Waals surface area contributed by atoms with Gasteiger partial charge < -0.3 is 5.11 Å². The van der Waals surface area contributed by atoms with Crippen molar-refractivity contribution in [1.29, 1.82) is 0 Å². The molecular formula is C38H27BrCl2N2O5. The van der Waals surface area contributed by atoms with E-state index in [9.17, 15) is 19.5 Å². The summed E-state index contributed by atoms with van der Waals surface area (Å²) in [5, 5.41) is 11.0. The van der Waals surface area contributed by atoms with Gasteiger partial charge in [-0.25, -0.2) is 4.90 Å².